The van der Waals surface area contributed by atoms with E-state index in [1.165, 1.54) is 173 Å². The molecular formula is C75H126O6. The van der Waals surface area contributed by atoms with Crippen LogP contribution in [0.15, 0.2) is 122 Å². The summed E-state index contributed by atoms with van der Waals surface area (Å²) < 4.78 is 16.9. The quantitative estimate of drug-likeness (QED) is 0.0261. The van der Waals surface area contributed by atoms with Gasteiger partial charge in [-0.3, -0.25) is 14.4 Å². The predicted molar refractivity (Wildman–Crippen MR) is 353 cm³/mol. The first-order valence-electron chi connectivity index (χ1n) is 34.0. The van der Waals surface area contributed by atoms with E-state index in [-0.39, 0.29) is 37.5 Å². The summed E-state index contributed by atoms with van der Waals surface area (Å²) in [5.41, 5.74) is 0. The zero-order valence-electron chi connectivity index (χ0n) is 53.0. The lowest BCUT2D eigenvalue weighted by Crippen LogP contribution is -2.30. The maximum Gasteiger partial charge on any atom is 0.306 e. The van der Waals surface area contributed by atoms with Crippen molar-refractivity contribution < 1.29 is 28.6 Å². The highest BCUT2D eigenvalue weighted by Crippen LogP contribution is 2.16. The number of rotatable bonds is 61. The fraction of sp³-hybridized carbons (Fsp3) is 0.693. The average molecular weight is 1120 g/mol. The van der Waals surface area contributed by atoms with Crippen molar-refractivity contribution in [1.29, 1.82) is 0 Å². The number of allylic oxidation sites excluding steroid dienone is 20. The second kappa shape index (κ2) is 68.3. The standard InChI is InChI=1S/C75H126O6/c1-4-7-10-13-16-19-22-25-28-31-33-35-36-37-38-40-41-44-47-50-53-56-59-62-65-68-74(77)80-71-72(70-79-73(76)67-64-61-58-55-52-49-46-43-30-27-24-21-18-15-12-9-6-3)81-75(78)69-66-63-60-57-54-51-48-45-42-39-34-32-29-26-23-20-17-14-11-8-5-2/h9,12,18,21-23,25-27,30-34,36-37,46,49,55,58,72H,4-8,10-11,13-17,19-20,24,28-29,35,38-45,47-48,50-54,56-57,59-71H2,1-3H3/b12-9-,21-18-,25-22-,26-23-,30-27-,33-31-,34-32-,37-36-,49-46-,58-55-. The lowest BCUT2D eigenvalue weighted by Gasteiger charge is -2.18. The first-order valence-corrected chi connectivity index (χ1v) is 34.0. The zero-order valence-corrected chi connectivity index (χ0v) is 53.0. The number of esters is 3. The van der Waals surface area contributed by atoms with Crippen LogP contribution in [0.3, 0.4) is 0 Å². The number of carbonyl (C=O) groups excluding carboxylic acids is 3. The summed E-state index contributed by atoms with van der Waals surface area (Å²) in [6.45, 7) is 6.47. The number of carbonyl (C=O) groups is 3. The van der Waals surface area contributed by atoms with Crippen LogP contribution < -0.4 is 0 Å². The van der Waals surface area contributed by atoms with Crippen LogP contribution in [-0.4, -0.2) is 37.2 Å². The van der Waals surface area contributed by atoms with Gasteiger partial charge in [-0.1, -0.05) is 290 Å². The van der Waals surface area contributed by atoms with E-state index in [1.807, 2.05) is 0 Å². The van der Waals surface area contributed by atoms with Crippen molar-refractivity contribution in [3.8, 4) is 0 Å². The maximum absolute atomic E-state index is 12.9. The monoisotopic (exact) mass is 1120 g/mol. The smallest absolute Gasteiger partial charge is 0.306 e. The normalized spacial score (nSPS) is 12.9. The highest BCUT2D eigenvalue weighted by Gasteiger charge is 2.19. The molecule has 0 aromatic carbocycles. The molecule has 0 N–H and O–H groups in total. The van der Waals surface area contributed by atoms with Crippen LogP contribution >= 0.6 is 0 Å². The number of hydrogen-bond donors (Lipinski definition) is 0. The molecule has 0 amide bonds. The van der Waals surface area contributed by atoms with Gasteiger partial charge in [0, 0.05) is 19.3 Å². The van der Waals surface area contributed by atoms with Crippen LogP contribution in [0.2, 0.25) is 0 Å². The van der Waals surface area contributed by atoms with Gasteiger partial charge in [0.15, 0.2) is 6.10 Å². The van der Waals surface area contributed by atoms with Gasteiger partial charge >= 0.3 is 17.9 Å². The van der Waals surface area contributed by atoms with Gasteiger partial charge in [-0.25, -0.2) is 0 Å². The minimum atomic E-state index is -0.811. The Morgan fingerprint density at radius 3 is 0.802 bits per heavy atom. The van der Waals surface area contributed by atoms with Crippen molar-refractivity contribution in [3.05, 3.63) is 122 Å². The van der Waals surface area contributed by atoms with Crippen molar-refractivity contribution in [2.45, 2.75) is 322 Å². The van der Waals surface area contributed by atoms with Crippen molar-refractivity contribution in [2.75, 3.05) is 13.2 Å². The summed E-state index contributed by atoms with van der Waals surface area (Å²) in [5.74, 6) is -0.962. The van der Waals surface area contributed by atoms with E-state index in [0.717, 1.165) is 96.3 Å². The highest BCUT2D eigenvalue weighted by atomic mass is 16.6. The molecule has 0 aliphatic rings. The van der Waals surface area contributed by atoms with E-state index in [1.54, 1.807) is 0 Å². The molecule has 6 heteroatoms. The van der Waals surface area contributed by atoms with E-state index < -0.39 is 6.10 Å². The molecule has 0 aliphatic heterocycles. The molecule has 0 aromatic heterocycles. The molecular weight excluding hydrogens is 997 g/mol. The molecule has 0 fully saturated rings. The van der Waals surface area contributed by atoms with Crippen LogP contribution in [0.1, 0.15) is 316 Å². The lowest BCUT2D eigenvalue weighted by atomic mass is 10.0. The van der Waals surface area contributed by atoms with E-state index in [9.17, 15) is 14.4 Å². The first-order chi connectivity index (χ1) is 40.0. The van der Waals surface area contributed by atoms with Crippen LogP contribution in [0, 0.1) is 0 Å². The van der Waals surface area contributed by atoms with Gasteiger partial charge in [-0.15, -0.1) is 0 Å². The molecule has 6 nitrogen and oxygen atoms in total. The summed E-state index contributed by atoms with van der Waals surface area (Å²) in [6, 6.07) is 0. The molecule has 0 bridgehead atoms. The maximum atomic E-state index is 12.9. The van der Waals surface area contributed by atoms with Crippen LogP contribution in [0.5, 0.6) is 0 Å². The lowest BCUT2D eigenvalue weighted by molar-refractivity contribution is -0.167. The van der Waals surface area contributed by atoms with E-state index in [4.69, 9.17) is 14.2 Å². The fourth-order valence-corrected chi connectivity index (χ4v) is 9.34. The Labute approximate surface area is 501 Å². The van der Waals surface area contributed by atoms with E-state index >= 15 is 0 Å². The third-order valence-corrected chi connectivity index (χ3v) is 14.4. The molecule has 0 aromatic rings. The number of ether oxygens (including phenoxy) is 3. The Morgan fingerprint density at radius 1 is 0.259 bits per heavy atom. The molecule has 0 saturated carbocycles. The van der Waals surface area contributed by atoms with Crippen LogP contribution in [0.4, 0.5) is 0 Å². The number of unbranched alkanes of at least 4 members (excludes halogenated alkanes) is 30. The largest absolute Gasteiger partial charge is 0.462 e. The molecule has 81 heavy (non-hydrogen) atoms. The molecule has 0 radical (unpaired) electrons. The summed E-state index contributed by atoms with van der Waals surface area (Å²) in [7, 11) is 0. The molecule has 0 heterocycles. The summed E-state index contributed by atoms with van der Waals surface area (Å²) in [6.07, 6.45) is 95.0. The fourth-order valence-electron chi connectivity index (χ4n) is 9.34. The van der Waals surface area contributed by atoms with E-state index in [0.29, 0.717) is 19.3 Å². The summed E-state index contributed by atoms with van der Waals surface area (Å²) in [4.78, 5) is 38.4. The number of hydrogen-bond acceptors (Lipinski definition) is 6. The van der Waals surface area contributed by atoms with Gasteiger partial charge in [0.05, 0.1) is 0 Å². The SMILES string of the molecule is CC/C=C\C/C=C\C/C=C\C/C=C\C/C=C\CCCC(=O)OCC(COC(=O)CCCCCCCCCCCC/C=C\C/C=C\C/C=C\CCCCCCC)OC(=O)CCCCCCCCCCC/C=C\C/C=C\CCCCCCC. The highest BCUT2D eigenvalue weighted by molar-refractivity contribution is 5.71. The molecule has 1 atom stereocenters. The van der Waals surface area contributed by atoms with Gasteiger partial charge in [0.2, 0.25) is 0 Å². The summed E-state index contributed by atoms with van der Waals surface area (Å²) >= 11 is 0. The third kappa shape index (κ3) is 66.5. The second-order valence-corrected chi connectivity index (χ2v) is 22.3. The minimum Gasteiger partial charge on any atom is -0.462 e. The van der Waals surface area contributed by atoms with Crippen molar-refractivity contribution in [2.24, 2.45) is 0 Å². The molecule has 1 unspecified atom stereocenters. The van der Waals surface area contributed by atoms with E-state index in [2.05, 4.69) is 142 Å². The first kappa shape index (κ1) is 76.8. The van der Waals surface area contributed by atoms with Crippen molar-refractivity contribution in [1.82, 2.24) is 0 Å². The zero-order chi connectivity index (χ0) is 58.5. The van der Waals surface area contributed by atoms with Crippen molar-refractivity contribution in [3.63, 3.8) is 0 Å². The topological polar surface area (TPSA) is 78.9 Å². The molecule has 462 valence electrons. The molecule has 0 spiro atoms. The van der Waals surface area contributed by atoms with Crippen molar-refractivity contribution >= 4 is 17.9 Å². The summed E-state index contributed by atoms with van der Waals surface area (Å²) in [5, 5.41) is 0. The Morgan fingerprint density at radius 2 is 0.494 bits per heavy atom. The second-order valence-electron chi connectivity index (χ2n) is 22.3. The van der Waals surface area contributed by atoms with Gasteiger partial charge in [0.25, 0.3) is 0 Å². The van der Waals surface area contributed by atoms with Gasteiger partial charge in [0.1, 0.15) is 13.2 Å². The molecule has 0 rings (SSSR count). The minimum absolute atomic E-state index is 0.101. The Balaban J connectivity index is 4.44. The molecule has 0 saturated heterocycles. The van der Waals surface area contributed by atoms with Gasteiger partial charge in [-0.2, -0.15) is 0 Å². The Kier molecular flexibility index (Phi) is 64.8. The predicted octanol–water partition coefficient (Wildman–Crippen LogP) is 23.6. The average Bonchev–Trinajstić information content (AvgIpc) is 3.47. The van der Waals surface area contributed by atoms with Gasteiger partial charge < -0.3 is 14.2 Å². The Hall–Kier alpha value is -4.19. The van der Waals surface area contributed by atoms with Crippen LogP contribution in [-0.2, 0) is 28.6 Å². The third-order valence-electron chi connectivity index (χ3n) is 14.4. The molecule has 0 aliphatic carbocycles. The van der Waals surface area contributed by atoms with Gasteiger partial charge in [-0.05, 0) is 128 Å². The Bertz CT molecular complexity index is 1670. The van der Waals surface area contributed by atoms with Crippen LogP contribution in [0.25, 0.3) is 0 Å².